The molecule has 1 aromatic rings. The molecule has 1 rings (SSSR count). The summed E-state index contributed by atoms with van der Waals surface area (Å²) in [5.41, 5.74) is 4.69. The van der Waals surface area contributed by atoms with Gasteiger partial charge >= 0.3 is 0 Å². The lowest BCUT2D eigenvalue weighted by atomic mass is 9.97. The van der Waals surface area contributed by atoms with Gasteiger partial charge in [-0.3, -0.25) is 4.79 Å². The number of amides is 1. The van der Waals surface area contributed by atoms with E-state index in [4.69, 9.17) is 15.2 Å². The molecule has 1 atom stereocenters. The molecule has 1 aromatic carbocycles. The lowest BCUT2D eigenvalue weighted by Crippen LogP contribution is -2.53. The van der Waals surface area contributed by atoms with Crippen LogP contribution < -0.4 is 20.5 Å². The fourth-order valence-corrected chi connectivity index (χ4v) is 1.91. The lowest BCUT2D eigenvalue weighted by Gasteiger charge is -2.26. The molecule has 5 heteroatoms. The van der Waals surface area contributed by atoms with Crippen LogP contribution in [0.15, 0.2) is 24.3 Å². The summed E-state index contributed by atoms with van der Waals surface area (Å²) in [6.45, 7) is 7.61. The van der Waals surface area contributed by atoms with Crippen LogP contribution in [0.2, 0.25) is 0 Å². The van der Waals surface area contributed by atoms with Gasteiger partial charge in [-0.2, -0.15) is 0 Å². The van der Waals surface area contributed by atoms with Gasteiger partial charge in [-0.15, -0.1) is 0 Å². The molecular weight excluding hydrogens is 268 g/mol. The molecule has 5 nitrogen and oxygen atoms in total. The molecule has 0 radical (unpaired) electrons. The Morgan fingerprint density at radius 1 is 1.14 bits per heavy atom. The molecule has 0 aromatic heterocycles. The first-order chi connectivity index (χ1) is 10.0. The number of nitrogens with one attached hydrogen (secondary N) is 1. The first-order valence-electron chi connectivity index (χ1n) is 7.42. The molecule has 0 fully saturated rings. The number of hydrogen-bond donors (Lipinski definition) is 2. The van der Waals surface area contributed by atoms with Crippen molar-refractivity contribution < 1.29 is 14.3 Å². The molecule has 118 valence electrons. The fourth-order valence-electron chi connectivity index (χ4n) is 1.91. The zero-order valence-corrected chi connectivity index (χ0v) is 13.1. The van der Waals surface area contributed by atoms with Crippen LogP contribution >= 0.6 is 0 Å². The van der Waals surface area contributed by atoms with Crippen LogP contribution in [0, 0.1) is 0 Å². The van der Waals surface area contributed by atoms with Crippen LogP contribution in [0.1, 0.15) is 33.6 Å². The molecule has 0 aliphatic carbocycles. The summed E-state index contributed by atoms with van der Waals surface area (Å²) >= 11 is 0. The number of benzene rings is 1. The SMILES string of the molecule is CCCOc1ccc(OCCC(C)(NCC)C(N)=O)cc1. The van der Waals surface area contributed by atoms with Gasteiger partial charge < -0.3 is 20.5 Å². The van der Waals surface area contributed by atoms with E-state index < -0.39 is 5.54 Å². The van der Waals surface area contributed by atoms with Crippen molar-refractivity contribution in [1.29, 1.82) is 0 Å². The monoisotopic (exact) mass is 294 g/mol. The van der Waals surface area contributed by atoms with Crippen molar-refractivity contribution in [2.24, 2.45) is 5.73 Å². The smallest absolute Gasteiger partial charge is 0.237 e. The standard InChI is InChI=1S/C16H26N2O3/c1-4-11-20-13-6-8-14(9-7-13)21-12-10-16(3,15(17)19)18-5-2/h6-9,18H,4-5,10-12H2,1-3H3,(H2,17,19). The Morgan fingerprint density at radius 2 is 1.67 bits per heavy atom. The van der Waals surface area contributed by atoms with Gasteiger partial charge in [0, 0.05) is 6.42 Å². The first-order valence-corrected chi connectivity index (χ1v) is 7.42. The van der Waals surface area contributed by atoms with E-state index in [2.05, 4.69) is 12.2 Å². The molecule has 21 heavy (non-hydrogen) atoms. The van der Waals surface area contributed by atoms with Gasteiger partial charge in [0.2, 0.25) is 5.91 Å². The summed E-state index contributed by atoms with van der Waals surface area (Å²) in [6, 6.07) is 7.48. The maximum absolute atomic E-state index is 11.5. The number of hydrogen-bond acceptors (Lipinski definition) is 4. The van der Waals surface area contributed by atoms with Crippen molar-refractivity contribution in [3.8, 4) is 11.5 Å². The third-order valence-electron chi connectivity index (χ3n) is 3.28. The summed E-state index contributed by atoms with van der Waals surface area (Å²) in [6.07, 6.45) is 1.50. The van der Waals surface area contributed by atoms with Crippen LogP contribution in [0.25, 0.3) is 0 Å². The third kappa shape index (κ3) is 5.63. The van der Waals surface area contributed by atoms with Gasteiger partial charge in [0.05, 0.1) is 18.8 Å². The zero-order valence-electron chi connectivity index (χ0n) is 13.1. The second-order valence-electron chi connectivity index (χ2n) is 5.15. The van der Waals surface area contributed by atoms with Gasteiger partial charge in [-0.05, 0) is 44.2 Å². The summed E-state index contributed by atoms with van der Waals surface area (Å²) in [5.74, 6) is 1.22. The van der Waals surface area contributed by atoms with Crippen molar-refractivity contribution in [2.45, 2.75) is 39.2 Å². The van der Waals surface area contributed by atoms with Gasteiger partial charge in [-0.1, -0.05) is 13.8 Å². The topological polar surface area (TPSA) is 73.6 Å². The van der Waals surface area contributed by atoms with E-state index in [1.54, 1.807) is 6.92 Å². The van der Waals surface area contributed by atoms with E-state index >= 15 is 0 Å². The highest BCUT2D eigenvalue weighted by Crippen LogP contribution is 2.19. The highest BCUT2D eigenvalue weighted by atomic mass is 16.5. The summed E-state index contributed by atoms with van der Waals surface area (Å²) in [5, 5.41) is 3.10. The number of carbonyl (C=O) groups excluding carboxylic acids is 1. The predicted molar refractivity (Wildman–Crippen MR) is 83.6 cm³/mol. The maximum Gasteiger partial charge on any atom is 0.237 e. The molecule has 0 aliphatic heterocycles. The molecular formula is C16H26N2O3. The van der Waals surface area contributed by atoms with Crippen LogP contribution in [0.4, 0.5) is 0 Å². The average Bonchev–Trinajstić information content (AvgIpc) is 2.46. The first kappa shape index (κ1) is 17.3. The molecule has 3 N–H and O–H groups in total. The summed E-state index contributed by atoms with van der Waals surface area (Å²) < 4.78 is 11.2. The highest BCUT2D eigenvalue weighted by Gasteiger charge is 2.29. The van der Waals surface area contributed by atoms with Crippen molar-refractivity contribution >= 4 is 5.91 Å². The molecule has 0 bridgehead atoms. The Labute approximate surface area is 126 Å². The Bertz CT molecular complexity index is 434. The predicted octanol–water partition coefficient (Wildman–Crippen LogP) is 2.10. The second-order valence-corrected chi connectivity index (χ2v) is 5.15. The van der Waals surface area contributed by atoms with Crippen molar-refractivity contribution in [3.63, 3.8) is 0 Å². The van der Waals surface area contributed by atoms with Gasteiger partial charge in [0.1, 0.15) is 11.5 Å². The Morgan fingerprint density at radius 3 is 2.10 bits per heavy atom. The highest BCUT2D eigenvalue weighted by molar-refractivity contribution is 5.84. The van der Waals surface area contributed by atoms with Crippen molar-refractivity contribution in [2.75, 3.05) is 19.8 Å². The Kier molecular flexibility index (Phi) is 7.02. The number of rotatable bonds is 10. The maximum atomic E-state index is 11.5. The molecule has 1 unspecified atom stereocenters. The molecule has 1 amide bonds. The van der Waals surface area contributed by atoms with Crippen molar-refractivity contribution in [3.05, 3.63) is 24.3 Å². The molecule has 0 spiro atoms. The second kappa shape index (κ2) is 8.52. The van der Waals surface area contributed by atoms with Crippen molar-refractivity contribution in [1.82, 2.24) is 5.32 Å². The average molecular weight is 294 g/mol. The fraction of sp³-hybridized carbons (Fsp3) is 0.562. The van der Waals surface area contributed by atoms with E-state index in [9.17, 15) is 4.79 Å². The molecule has 0 saturated heterocycles. The Hall–Kier alpha value is -1.75. The number of carbonyl (C=O) groups is 1. The van der Waals surface area contributed by atoms with Crippen LogP contribution in [0.3, 0.4) is 0 Å². The van der Waals surface area contributed by atoms with E-state index in [1.807, 2.05) is 31.2 Å². The number of primary amides is 1. The van der Waals surface area contributed by atoms with Crippen LogP contribution in [-0.4, -0.2) is 31.2 Å². The minimum absolute atomic E-state index is 0.365. The minimum Gasteiger partial charge on any atom is -0.494 e. The summed E-state index contributed by atoms with van der Waals surface area (Å²) in [4.78, 5) is 11.5. The molecule has 0 aliphatic rings. The van der Waals surface area contributed by atoms with E-state index in [-0.39, 0.29) is 5.91 Å². The van der Waals surface area contributed by atoms with E-state index in [0.717, 1.165) is 17.9 Å². The zero-order chi connectivity index (χ0) is 15.7. The lowest BCUT2D eigenvalue weighted by molar-refractivity contribution is -0.124. The summed E-state index contributed by atoms with van der Waals surface area (Å²) in [7, 11) is 0. The van der Waals surface area contributed by atoms with Gasteiger partial charge in [0.15, 0.2) is 0 Å². The van der Waals surface area contributed by atoms with Gasteiger partial charge in [-0.25, -0.2) is 0 Å². The Balaban J connectivity index is 2.46. The normalized spacial score (nSPS) is 13.5. The minimum atomic E-state index is -0.737. The quantitative estimate of drug-likeness (QED) is 0.693. The van der Waals surface area contributed by atoms with E-state index in [0.29, 0.717) is 26.2 Å². The van der Waals surface area contributed by atoms with Gasteiger partial charge in [0.25, 0.3) is 0 Å². The number of ether oxygens (including phenoxy) is 2. The molecule has 0 heterocycles. The number of nitrogens with two attached hydrogens (primary N) is 1. The largest absolute Gasteiger partial charge is 0.494 e. The van der Waals surface area contributed by atoms with E-state index in [1.165, 1.54) is 0 Å². The number of likely N-dealkylation sites (N-methyl/N-ethyl adjacent to an activating group) is 1. The van der Waals surface area contributed by atoms with Crippen LogP contribution in [0.5, 0.6) is 11.5 Å². The third-order valence-corrected chi connectivity index (χ3v) is 3.28. The van der Waals surface area contributed by atoms with Crippen LogP contribution in [-0.2, 0) is 4.79 Å². The molecule has 0 saturated carbocycles.